The molecule has 2 heterocycles. The van der Waals surface area contributed by atoms with Gasteiger partial charge in [0.1, 0.15) is 23.7 Å². The van der Waals surface area contributed by atoms with Crippen LogP contribution in [0.3, 0.4) is 0 Å². The number of nitrogens with zero attached hydrogens (tertiary/aromatic N) is 4. The Morgan fingerprint density at radius 1 is 1.13 bits per heavy atom. The van der Waals surface area contributed by atoms with Crippen molar-refractivity contribution in [3.63, 3.8) is 0 Å². The second-order valence-corrected chi connectivity index (χ2v) is 7.76. The molecule has 0 radical (unpaired) electrons. The Morgan fingerprint density at radius 2 is 1.93 bits per heavy atom. The highest BCUT2D eigenvalue weighted by atomic mass is 35.5. The lowest BCUT2D eigenvalue weighted by molar-refractivity contribution is -0.120. The van der Waals surface area contributed by atoms with E-state index in [2.05, 4.69) is 20.5 Å². The molecule has 4 rings (SSSR count). The number of halogens is 1. The standard InChI is InChI=1S/C21H18ClN5O2S/c22-15-6-8-18(9-7-15)29-12-21-25-16(13-30-21)10-20(28)23-11-19-26-24-14-27(19)17-4-2-1-3-5-17/h1-9,13-14H,10-12H2,(H,23,28). The maximum Gasteiger partial charge on any atom is 0.226 e. The summed E-state index contributed by atoms with van der Waals surface area (Å²) in [5, 5.41) is 14.2. The molecule has 1 N–H and O–H groups in total. The van der Waals surface area contributed by atoms with Crippen LogP contribution in [0.25, 0.3) is 5.69 Å². The topological polar surface area (TPSA) is 81.9 Å². The molecule has 0 aliphatic rings. The molecule has 0 bridgehead atoms. The fraction of sp³-hybridized carbons (Fsp3) is 0.143. The number of carbonyl (C=O) groups is 1. The molecule has 2 aromatic carbocycles. The third-order valence-corrected chi connectivity index (χ3v) is 5.34. The van der Waals surface area contributed by atoms with E-state index >= 15 is 0 Å². The van der Waals surface area contributed by atoms with Gasteiger partial charge in [-0.05, 0) is 36.4 Å². The Morgan fingerprint density at radius 3 is 2.73 bits per heavy atom. The van der Waals surface area contributed by atoms with Crippen LogP contribution in [-0.2, 0) is 24.4 Å². The zero-order chi connectivity index (χ0) is 20.8. The number of aromatic nitrogens is 4. The molecule has 1 amide bonds. The first-order valence-electron chi connectivity index (χ1n) is 9.20. The van der Waals surface area contributed by atoms with E-state index in [0.29, 0.717) is 23.1 Å². The monoisotopic (exact) mass is 439 g/mol. The maximum absolute atomic E-state index is 12.3. The van der Waals surface area contributed by atoms with Crippen LogP contribution in [0.15, 0.2) is 66.3 Å². The van der Waals surface area contributed by atoms with Crippen LogP contribution >= 0.6 is 22.9 Å². The zero-order valence-electron chi connectivity index (χ0n) is 15.9. The Bertz CT molecular complexity index is 1110. The van der Waals surface area contributed by atoms with Crippen molar-refractivity contribution in [1.29, 1.82) is 0 Å². The molecular formula is C21H18ClN5O2S. The van der Waals surface area contributed by atoms with E-state index in [1.807, 2.05) is 40.3 Å². The summed E-state index contributed by atoms with van der Waals surface area (Å²) in [4.78, 5) is 16.8. The summed E-state index contributed by atoms with van der Waals surface area (Å²) in [6.45, 7) is 0.624. The van der Waals surface area contributed by atoms with Gasteiger partial charge in [0.25, 0.3) is 0 Å². The number of carbonyl (C=O) groups excluding carboxylic acids is 1. The van der Waals surface area contributed by atoms with Crippen molar-refractivity contribution in [2.24, 2.45) is 0 Å². The number of rotatable bonds is 8. The minimum absolute atomic E-state index is 0.131. The minimum atomic E-state index is -0.131. The second kappa shape index (κ2) is 9.51. The van der Waals surface area contributed by atoms with Crippen LogP contribution in [0.1, 0.15) is 16.5 Å². The molecule has 0 spiro atoms. The number of para-hydroxylation sites is 1. The van der Waals surface area contributed by atoms with Gasteiger partial charge in [-0.2, -0.15) is 0 Å². The SMILES string of the molecule is O=C(Cc1csc(COc2ccc(Cl)cc2)n1)NCc1nncn1-c1ccccc1. The van der Waals surface area contributed by atoms with E-state index in [1.165, 1.54) is 11.3 Å². The summed E-state index contributed by atoms with van der Waals surface area (Å²) >= 11 is 7.33. The molecule has 0 fully saturated rings. The van der Waals surface area contributed by atoms with Gasteiger partial charge in [-0.15, -0.1) is 21.5 Å². The lowest BCUT2D eigenvalue weighted by atomic mass is 10.3. The van der Waals surface area contributed by atoms with Gasteiger partial charge >= 0.3 is 0 Å². The van der Waals surface area contributed by atoms with E-state index in [1.54, 1.807) is 30.6 Å². The van der Waals surface area contributed by atoms with Crippen LogP contribution in [0.5, 0.6) is 5.75 Å². The van der Waals surface area contributed by atoms with E-state index < -0.39 is 0 Å². The molecular weight excluding hydrogens is 422 g/mol. The van der Waals surface area contributed by atoms with Crippen molar-refractivity contribution >= 4 is 28.8 Å². The lowest BCUT2D eigenvalue weighted by Gasteiger charge is -2.07. The Balaban J connectivity index is 1.28. The second-order valence-electron chi connectivity index (χ2n) is 6.38. The Kier molecular flexibility index (Phi) is 6.36. The van der Waals surface area contributed by atoms with E-state index in [9.17, 15) is 4.79 Å². The van der Waals surface area contributed by atoms with Crippen LogP contribution in [0, 0.1) is 0 Å². The molecule has 30 heavy (non-hydrogen) atoms. The summed E-state index contributed by atoms with van der Waals surface area (Å²) in [7, 11) is 0. The van der Waals surface area contributed by atoms with Gasteiger partial charge in [-0.3, -0.25) is 9.36 Å². The molecule has 0 saturated carbocycles. The third-order valence-electron chi connectivity index (χ3n) is 4.21. The van der Waals surface area contributed by atoms with Crippen LogP contribution in [-0.4, -0.2) is 25.7 Å². The average Bonchev–Trinajstić information content (AvgIpc) is 3.42. The first-order valence-corrected chi connectivity index (χ1v) is 10.5. The average molecular weight is 440 g/mol. The van der Waals surface area contributed by atoms with E-state index in [-0.39, 0.29) is 18.9 Å². The van der Waals surface area contributed by atoms with Gasteiger partial charge < -0.3 is 10.1 Å². The quantitative estimate of drug-likeness (QED) is 0.451. The number of nitrogens with one attached hydrogen (secondary N) is 1. The van der Waals surface area contributed by atoms with Crippen molar-refractivity contribution in [2.75, 3.05) is 0 Å². The van der Waals surface area contributed by atoms with Gasteiger partial charge in [0, 0.05) is 16.1 Å². The van der Waals surface area contributed by atoms with Crippen LogP contribution in [0.2, 0.25) is 5.02 Å². The highest BCUT2D eigenvalue weighted by molar-refractivity contribution is 7.09. The summed E-state index contributed by atoms with van der Waals surface area (Å²) in [6.07, 6.45) is 1.82. The van der Waals surface area contributed by atoms with Gasteiger partial charge in [-0.1, -0.05) is 29.8 Å². The zero-order valence-corrected chi connectivity index (χ0v) is 17.4. The van der Waals surface area contributed by atoms with Gasteiger partial charge in [0.15, 0.2) is 5.82 Å². The summed E-state index contributed by atoms with van der Waals surface area (Å²) in [5.74, 6) is 1.24. The molecule has 9 heteroatoms. The van der Waals surface area contributed by atoms with Crippen molar-refractivity contribution in [3.05, 3.63) is 87.9 Å². The van der Waals surface area contributed by atoms with Crippen LogP contribution in [0.4, 0.5) is 0 Å². The number of ether oxygens (including phenoxy) is 1. The molecule has 4 aromatic rings. The van der Waals surface area contributed by atoms with Crippen molar-refractivity contribution < 1.29 is 9.53 Å². The number of hydrogen-bond acceptors (Lipinski definition) is 6. The highest BCUT2D eigenvalue weighted by Gasteiger charge is 2.11. The Hall–Kier alpha value is -3.23. The third kappa shape index (κ3) is 5.22. The number of thiazole rings is 1. The molecule has 7 nitrogen and oxygen atoms in total. The summed E-state index contributed by atoms with van der Waals surface area (Å²) in [5.41, 5.74) is 1.65. The lowest BCUT2D eigenvalue weighted by Crippen LogP contribution is -2.26. The number of hydrogen-bond donors (Lipinski definition) is 1. The highest BCUT2D eigenvalue weighted by Crippen LogP contribution is 2.18. The first-order chi connectivity index (χ1) is 14.7. The largest absolute Gasteiger partial charge is 0.486 e. The Labute approximate surface area is 182 Å². The molecule has 0 atom stereocenters. The first kappa shape index (κ1) is 20.1. The van der Waals surface area contributed by atoms with Crippen LogP contribution < -0.4 is 10.1 Å². The number of benzene rings is 2. The fourth-order valence-electron chi connectivity index (χ4n) is 2.76. The van der Waals surface area contributed by atoms with Gasteiger partial charge in [0.2, 0.25) is 5.91 Å². The number of amides is 1. The van der Waals surface area contributed by atoms with Gasteiger partial charge in [-0.25, -0.2) is 4.98 Å². The molecule has 0 aliphatic carbocycles. The van der Waals surface area contributed by atoms with E-state index in [4.69, 9.17) is 16.3 Å². The van der Waals surface area contributed by atoms with Crippen molar-refractivity contribution in [2.45, 2.75) is 19.6 Å². The smallest absolute Gasteiger partial charge is 0.226 e. The predicted molar refractivity (Wildman–Crippen MR) is 115 cm³/mol. The normalized spacial score (nSPS) is 10.7. The minimum Gasteiger partial charge on any atom is -0.486 e. The van der Waals surface area contributed by atoms with Crippen molar-refractivity contribution in [1.82, 2.24) is 25.1 Å². The van der Waals surface area contributed by atoms with E-state index in [0.717, 1.165) is 16.4 Å². The molecule has 2 aromatic heterocycles. The molecule has 0 unspecified atom stereocenters. The maximum atomic E-state index is 12.3. The molecule has 0 saturated heterocycles. The molecule has 152 valence electrons. The summed E-state index contributed by atoms with van der Waals surface area (Å²) < 4.78 is 7.53. The van der Waals surface area contributed by atoms with Gasteiger partial charge in [0.05, 0.1) is 18.7 Å². The fourth-order valence-corrected chi connectivity index (χ4v) is 3.59. The molecule has 0 aliphatic heterocycles. The van der Waals surface area contributed by atoms with Crippen molar-refractivity contribution in [3.8, 4) is 11.4 Å². The predicted octanol–water partition coefficient (Wildman–Crippen LogP) is 3.82. The summed E-state index contributed by atoms with van der Waals surface area (Å²) in [6, 6.07) is 16.9.